The van der Waals surface area contributed by atoms with E-state index in [-0.39, 0.29) is 18.5 Å². The molecule has 1 aromatic carbocycles. The van der Waals surface area contributed by atoms with Crippen LogP contribution in [-0.4, -0.2) is 25.2 Å². The van der Waals surface area contributed by atoms with Crippen LogP contribution in [-0.2, 0) is 16.0 Å². The first-order chi connectivity index (χ1) is 9.60. The lowest BCUT2D eigenvalue weighted by Gasteiger charge is -2.26. The van der Waals surface area contributed by atoms with Gasteiger partial charge >= 0.3 is 5.97 Å². The molecule has 1 aliphatic rings. The van der Waals surface area contributed by atoms with Crippen LogP contribution in [0.5, 0.6) is 5.75 Å². The van der Waals surface area contributed by atoms with E-state index < -0.39 is 5.54 Å². The normalized spacial score (nSPS) is 17.4. The molecule has 0 spiro atoms. The molecule has 1 saturated carbocycles. The molecule has 0 aromatic heterocycles. The van der Waals surface area contributed by atoms with Gasteiger partial charge in [0.2, 0.25) is 0 Å². The van der Waals surface area contributed by atoms with Gasteiger partial charge in [0.25, 0.3) is 0 Å². The molecule has 0 heterocycles. The van der Waals surface area contributed by atoms with E-state index in [0.717, 1.165) is 31.4 Å². The predicted octanol–water partition coefficient (Wildman–Crippen LogP) is 2.30. The van der Waals surface area contributed by atoms with Gasteiger partial charge < -0.3 is 15.2 Å². The first kappa shape index (κ1) is 14.9. The van der Waals surface area contributed by atoms with Gasteiger partial charge in [0.05, 0.1) is 7.11 Å². The first-order valence-electron chi connectivity index (χ1n) is 7.19. The smallest absolute Gasteiger partial charge is 0.329 e. The quantitative estimate of drug-likeness (QED) is 0.777. The molecule has 0 amide bonds. The minimum Gasteiger partial charge on any atom is -0.491 e. The van der Waals surface area contributed by atoms with E-state index in [1.165, 1.54) is 12.7 Å². The third-order valence-electron chi connectivity index (χ3n) is 3.81. The molecule has 1 unspecified atom stereocenters. The number of esters is 1. The number of carbonyl (C=O) groups excluding carboxylic acids is 1. The van der Waals surface area contributed by atoms with Crippen molar-refractivity contribution in [3.8, 4) is 5.75 Å². The molecule has 1 aliphatic carbocycles. The van der Waals surface area contributed by atoms with Gasteiger partial charge in [0, 0.05) is 0 Å². The Labute approximate surface area is 120 Å². The molecule has 1 atom stereocenters. The fourth-order valence-corrected chi connectivity index (χ4v) is 2.38. The Morgan fingerprint density at radius 1 is 1.35 bits per heavy atom. The van der Waals surface area contributed by atoms with Gasteiger partial charge in [-0.2, -0.15) is 0 Å². The minimum atomic E-state index is -1.02. The summed E-state index contributed by atoms with van der Waals surface area (Å²) < 4.78 is 10.5. The average molecular weight is 277 g/mol. The summed E-state index contributed by atoms with van der Waals surface area (Å²) in [5.74, 6) is 0.529. The molecule has 2 N–H and O–H groups in total. The van der Waals surface area contributed by atoms with E-state index in [1.54, 1.807) is 0 Å². The molecule has 0 saturated heterocycles. The van der Waals surface area contributed by atoms with Crippen LogP contribution >= 0.6 is 0 Å². The summed E-state index contributed by atoms with van der Waals surface area (Å²) in [6.07, 6.45) is 4.11. The summed E-state index contributed by atoms with van der Waals surface area (Å²) in [5, 5.41) is 0. The van der Waals surface area contributed by atoms with Crippen LogP contribution in [0.1, 0.15) is 31.7 Å². The molecule has 0 aliphatic heterocycles. The van der Waals surface area contributed by atoms with E-state index in [4.69, 9.17) is 15.2 Å². The molecular formula is C16H23NO3. The van der Waals surface area contributed by atoms with Crippen molar-refractivity contribution in [3.63, 3.8) is 0 Å². The molecule has 1 aromatic rings. The lowest BCUT2D eigenvalue weighted by Crippen LogP contribution is -2.55. The predicted molar refractivity (Wildman–Crippen MR) is 77.6 cm³/mol. The monoisotopic (exact) mass is 277 g/mol. The number of rotatable bonds is 7. The van der Waals surface area contributed by atoms with Gasteiger partial charge in [0.1, 0.15) is 12.4 Å². The topological polar surface area (TPSA) is 61.5 Å². The number of hydrogen-bond donors (Lipinski definition) is 1. The van der Waals surface area contributed by atoms with Crippen molar-refractivity contribution in [2.75, 3.05) is 13.7 Å². The lowest BCUT2D eigenvalue weighted by atomic mass is 9.96. The van der Waals surface area contributed by atoms with Crippen LogP contribution in [0.15, 0.2) is 24.3 Å². The number of methoxy groups -OCH3 is 1. The third-order valence-corrected chi connectivity index (χ3v) is 3.81. The zero-order chi connectivity index (χ0) is 14.6. The van der Waals surface area contributed by atoms with Crippen molar-refractivity contribution < 1.29 is 14.3 Å². The van der Waals surface area contributed by atoms with E-state index >= 15 is 0 Å². The Hall–Kier alpha value is -1.55. The highest BCUT2D eigenvalue weighted by molar-refractivity contribution is 5.81. The van der Waals surface area contributed by atoms with Crippen LogP contribution in [0, 0.1) is 5.92 Å². The highest BCUT2D eigenvalue weighted by Gasteiger charge is 2.49. The standard InChI is InChI=1S/C16H23NO3/c1-3-4-12-5-9-14(10-6-12)20-11-16(17,13-7-8-13)15(18)19-2/h5-6,9-10,13H,3-4,7-8,11,17H2,1-2H3. The maximum absolute atomic E-state index is 11.8. The Bertz CT molecular complexity index is 453. The fraction of sp³-hybridized carbons (Fsp3) is 0.562. The van der Waals surface area contributed by atoms with E-state index in [9.17, 15) is 4.79 Å². The second kappa shape index (κ2) is 6.27. The van der Waals surface area contributed by atoms with Crippen molar-refractivity contribution in [2.45, 2.75) is 38.1 Å². The summed E-state index contributed by atoms with van der Waals surface area (Å²) >= 11 is 0. The zero-order valence-corrected chi connectivity index (χ0v) is 12.2. The number of nitrogens with two attached hydrogens (primary N) is 1. The maximum Gasteiger partial charge on any atom is 0.329 e. The summed E-state index contributed by atoms with van der Waals surface area (Å²) in [5.41, 5.74) is 6.45. The van der Waals surface area contributed by atoms with E-state index in [0.29, 0.717) is 0 Å². The largest absolute Gasteiger partial charge is 0.491 e. The van der Waals surface area contributed by atoms with Gasteiger partial charge in [-0.1, -0.05) is 25.5 Å². The fourth-order valence-electron chi connectivity index (χ4n) is 2.38. The molecule has 20 heavy (non-hydrogen) atoms. The van der Waals surface area contributed by atoms with Gasteiger partial charge in [-0.15, -0.1) is 0 Å². The minimum absolute atomic E-state index is 0.164. The van der Waals surface area contributed by atoms with Crippen LogP contribution in [0.4, 0.5) is 0 Å². The van der Waals surface area contributed by atoms with E-state index in [1.807, 2.05) is 24.3 Å². The summed E-state index contributed by atoms with van der Waals surface area (Å²) in [7, 11) is 1.37. The molecule has 0 bridgehead atoms. The average Bonchev–Trinajstić information content (AvgIpc) is 3.30. The van der Waals surface area contributed by atoms with Crippen LogP contribution in [0.3, 0.4) is 0 Å². The number of hydrogen-bond acceptors (Lipinski definition) is 4. The van der Waals surface area contributed by atoms with Crippen molar-refractivity contribution in [1.82, 2.24) is 0 Å². The maximum atomic E-state index is 11.8. The van der Waals surface area contributed by atoms with Crippen molar-refractivity contribution >= 4 is 5.97 Å². The second-order valence-corrected chi connectivity index (χ2v) is 5.49. The van der Waals surface area contributed by atoms with Crippen molar-refractivity contribution in [2.24, 2.45) is 11.7 Å². The lowest BCUT2D eigenvalue weighted by molar-refractivity contribution is -0.149. The molecule has 110 valence electrons. The Balaban J connectivity index is 1.97. The first-order valence-corrected chi connectivity index (χ1v) is 7.19. The summed E-state index contributed by atoms with van der Waals surface area (Å²) in [6.45, 7) is 2.32. The zero-order valence-electron chi connectivity index (χ0n) is 12.2. The Morgan fingerprint density at radius 3 is 2.50 bits per heavy atom. The van der Waals surface area contributed by atoms with Crippen LogP contribution in [0.2, 0.25) is 0 Å². The van der Waals surface area contributed by atoms with E-state index in [2.05, 4.69) is 6.92 Å². The van der Waals surface area contributed by atoms with Crippen LogP contribution < -0.4 is 10.5 Å². The number of aryl methyl sites for hydroxylation is 1. The van der Waals surface area contributed by atoms with Crippen molar-refractivity contribution in [3.05, 3.63) is 29.8 Å². The molecule has 0 radical (unpaired) electrons. The van der Waals surface area contributed by atoms with Gasteiger partial charge in [-0.25, -0.2) is 4.79 Å². The Morgan fingerprint density at radius 2 is 2.00 bits per heavy atom. The molecule has 4 nitrogen and oxygen atoms in total. The second-order valence-electron chi connectivity index (χ2n) is 5.49. The molecule has 2 rings (SSSR count). The number of benzene rings is 1. The summed E-state index contributed by atoms with van der Waals surface area (Å²) in [6, 6.07) is 7.95. The molecular weight excluding hydrogens is 254 g/mol. The van der Waals surface area contributed by atoms with Gasteiger partial charge in [-0.05, 0) is 42.9 Å². The Kier molecular flexibility index (Phi) is 4.65. The number of carbonyl (C=O) groups is 1. The van der Waals surface area contributed by atoms with Gasteiger partial charge in [0.15, 0.2) is 5.54 Å². The highest BCUT2D eigenvalue weighted by Crippen LogP contribution is 2.39. The molecule has 4 heteroatoms. The van der Waals surface area contributed by atoms with Crippen molar-refractivity contribution in [1.29, 1.82) is 0 Å². The number of ether oxygens (including phenoxy) is 2. The van der Waals surface area contributed by atoms with Gasteiger partial charge in [-0.3, -0.25) is 0 Å². The molecule has 1 fully saturated rings. The van der Waals surface area contributed by atoms with Crippen LogP contribution in [0.25, 0.3) is 0 Å². The summed E-state index contributed by atoms with van der Waals surface area (Å²) in [4.78, 5) is 11.8. The highest BCUT2D eigenvalue weighted by atomic mass is 16.5. The SMILES string of the molecule is CCCc1ccc(OCC(N)(C(=O)OC)C2CC2)cc1. The third kappa shape index (κ3) is 3.31.